The molecule has 0 radical (unpaired) electrons. The van der Waals surface area contributed by atoms with Gasteiger partial charge in [-0.1, -0.05) is 39.0 Å². The Kier molecular flexibility index (Phi) is 8.37. The Morgan fingerprint density at radius 2 is 1.56 bits per heavy atom. The van der Waals surface area contributed by atoms with E-state index >= 15 is 0 Å². The zero-order valence-electron chi connectivity index (χ0n) is 19.3. The van der Waals surface area contributed by atoms with Crippen molar-refractivity contribution in [2.75, 3.05) is 0 Å². The molecule has 0 N–H and O–H groups in total. The van der Waals surface area contributed by atoms with Crippen molar-refractivity contribution in [3.63, 3.8) is 0 Å². The largest absolute Gasteiger partial charge is 1.00 e. The van der Waals surface area contributed by atoms with E-state index in [2.05, 4.69) is 32.9 Å². The maximum Gasteiger partial charge on any atom is 1.00 e. The van der Waals surface area contributed by atoms with Crippen LogP contribution < -0.4 is 28.9 Å². The fourth-order valence-electron chi connectivity index (χ4n) is 3.06. The van der Waals surface area contributed by atoms with Crippen molar-refractivity contribution < 1.29 is 29.8 Å². The molecule has 0 fully saturated rings. The average molecular weight is 378 g/mol. The van der Waals surface area contributed by atoms with Gasteiger partial charge in [-0.15, -0.1) is 0 Å². The molecule has 1 atom stereocenters. The third-order valence-electron chi connectivity index (χ3n) is 4.44. The molecule has 0 aliphatic rings. The summed E-state index contributed by atoms with van der Waals surface area (Å²) in [6, 6.07) is 10.3. The van der Waals surface area contributed by atoms with Crippen LogP contribution in [0.15, 0.2) is 30.3 Å². The molecule has 0 amide bonds. The third-order valence-corrected chi connectivity index (χ3v) is 5.75. The number of ether oxygens (including phenoxy) is 1. The first-order valence-electron chi connectivity index (χ1n) is 9.19. The summed E-state index contributed by atoms with van der Waals surface area (Å²) >= 11 is 0. The third kappa shape index (κ3) is 6.22. The van der Waals surface area contributed by atoms with E-state index in [-0.39, 0.29) is 45.9 Å². The van der Waals surface area contributed by atoms with E-state index in [4.69, 9.17) is 4.74 Å². The standard InChI is InChI=1S/C23H31O2P.Li.H/c1-14(2)25-19-9-10-20(15(3)13-19)26-22(24)21-16(4)11-18(12-17(21)5)23(6,7)8;;/h9-14,26H,1-8H3;;/q;+1;-1. The number of carbonyl (C=O) groups excluding carboxylic acids is 1. The molecule has 2 aromatic carbocycles. The minimum absolute atomic E-state index is 0. The number of rotatable bonds is 5. The number of aryl methyl sites for hydroxylation is 3. The van der Waals surface area contributed by atoms with Crippen LogP contribution in [-0.4, -0.2) is 11.6 Å². The number of carbonyl (C=O) groups is 1. The van der Waals surface area contributed by atoms with Crippen LogP contribution in [0, 0.1) is 20.8 Å². The first kappa shape index (κ1) is 24.0. The first-order valence-corrected chi connectivity index (χ1v) is 10.2. The quantitative estimate of drug-likeness (QED) is 0.591. The molecule has 4 heteroatoms. The van der Waals surface area contributed by atoms with E-state index in [0.29, 0.717) is 0 Å². The van der Waals surface area contributed by atoms with Crippen LogP contribution in [0.25, 0.3) is 0 Å². The summed E-state index contributed by atoms with van der Waals surface area (Å²) in [5, 5.41) is 1.09. The monoisotopic (exact) mass is 378 g/mol. The molecule has 0 spiro atoms. The summed E-state index contributed by atoms with van der Waals surface area (Å²) in [6.07, 6.45) is 0.149. The second kappa shape index (κ2) is 9.42. The Bertz CT molecular complexity index is 803. The molecule has 0 aromatic heterocycles. The summed E-state index contributed by atoms with van der Waals surface area (Å²) in [7, 11) is 0.129. The molecule has 0 heterocycles. The maximum atomic E-state index is 13.0. The van der Waals surface area contributed by atoms with Crippen LogP contribution >= 0.6 is 8.58 Å². The molecule has 0 saturated carbocycles. The van der Waals surface area contributed by atoms with Crippen LogP contribution in [0.4, 0.5) is 0 Å². The predicted molar refractivity (Wildman–Crippen MR) is 115 cm³/mol. The van der Waals surface area contributed by atoms with Gasteiger partial charge in [-0.25, -0.2) is 0 Å². The molecule has 2 rings (SSSR count). The van der Waals surface area contributed by atoms with Gasteiger partial charge in [-0.3, -0.25) is 4.79 Å². The molecule has 1 unspecified atom stereocenters. The molecule has 2 nitrogen and oxygen atoms in total. The minimum atomic E-state index is 0. The van der Waals surface area contributed by atoms with Gasteiger partial charge in [0.05, 0.1) is 6.10 Å². The molecule has 0 aliphatic carbocycles. The van der Waals surface area contributed by atoms with E-state index in [0.717, 1.165) is 33.3 Å². The molecule has 27 heavy (non-hydrogen) atoms. The van der Waals surface area contributed by atoms with Crippen molar-refractivity contribution in [2.45, 2.75) is 66.9 Å². The van der Waals surface area contributed by atoms with Gasteiger partial charge in [-0.2, -0.15) is 0 Å². The zero-order valence-corrected chi connectivity index (χ0v) is 19.3. The SMILES string of the molecule is Cc1cc(OC(C)C)ccc1PC(=O)c1c(C)cc(C(C)(C)C)cc1C.[H-].[Li+]. The molecule has 0 saturated heterocycles. The summed E-state index contributed by atoms with van der Waals surface area (Å²) in [5.74, 6) is 0.861. The van der Waals surface area contributed by atoms with Crippen molar-refractivity contribution in [3.05, 3.63) is 58.1 Å². The Labute approximate surface area is 179 Å². The van der Waals surface area contributed by atoms with Gasteiger partial charge in [0.1, 0.15) is 5.75 Å². The van der Waals surface area contributed by atoms with E-state index in [1.807, 2.05) is 52.8 Å². The van der Waals surface area contributed by atoms with E-state index in [9.17, 15) is 4.79 Å². The first-order chi connectivity index (χ1) is 12.0. The molecule has 0 bridgehead atoms. The van der Waals surface area contributed by atoms with Crippen molar-refractivity contribution in [2.24, 2.45) is 0 Å². The topological polar surface area (TPSA) is 26.3 Å². The van der Waals surface area contributed by atoms with Crippen LogP contribution in [0.2, 0.25) is 0 Å². The fourth-order valence-corrected chi connectivity index (χ4v) is 4.26. The Morgan fingerprint density at radius 3 is 2.00 bits per heavy atom. The fraction of sp³-hybridized carbons (Fsp3) is 0.435. The van der Waals surface area contributed by atoms with Crippen LogP contribution in [0.3, 0.4) is 0 Å². The van der Waals surface area contributed by atoms with Crippen molar-refractivity contribution >= 4 is 19.4 Å². The molecular formula is C23H32LiO2P. The number of hydrogen-bond acceptors (Lipinski definition) is 2. The predicted octanol–water partition coefficient (Wildman–Crippen LogP) is 2.96. The maximum absolute atomic E-state index is 13.0. The van der Waals surface area contributed by atoms with Gasteiger partial charge in [0.25, 0.3) is 0 Å². The number of hydrogen-bond donors (Lipinski definition) is 0. The van der Waals surface area contributed by atoms with Crippen LogP contribution in [-0.2, 0) is 5.41 Å². The van der Waals surface area contributed by atoms with Gasteiger partial charge >= 0.3 is 18.9 Å². The van der Waals surface area contributed by atoms with Gasteiger partial charge in [0.15, 0.2) is 5.52 Å². The normalized spacial score (nSPS) is 11.7. The van der Waals surface area contributed by atoms with Crippen molar-refractivity contribution in [1.29, 1.82) is 0 Å². The average Bonchev–Trinajstić information content (AvgIpc) is 2.47. The summed E-state index contributed by atoms with van der Waals surface area (Å²) < 4.78 is 5.74. The van der Waals surface area contributed by atoms with Gasteiger partial charge in [0.2, 0.25) is 0 Å². The molecular weight excluding hydrogens is 346 g/mol. The van der Waals surface area contributed by atoms with E-state index in [1.165, 1.54) is 5.56 Å². The van der Waals surface area contributed by atoms with Crippen molar-refractivity contribution in [1.82, 2.24) is 0 Å². The smallest absolute Gasteiger partial charge is 1.00 e. The zero-order chi connectivity index (χ0) is 19.6. The van der Waals surface area contributed by atoms with Crippen LogP contribution in [0.1, 0.15) is 68.7 Å². The summed E-state index contributed by atoms with van der Waals surface area (Å²) in [4.78, 5) is 13.0. The second-order valence-electron chi connectivity index (χ2n) is 8.33. The second-order valence-corrected chi connectivity index (χ2v) is 9.58. The Hall–Kier alpha value is -1.06. The Morgan fingerprint density at radius 1 is 1.00 bits per heavy atom. The summed E-state index contributed by atoms with van der Waals surface area (Å²) in [6.45, 7) is 16.8. The molecule has 142 valence electrons. The van der Waals surface area contributed by atoms with E-state index in [1.54, 1.807) is 0 Å². The Balaban J connectivity index is 0.00000364. The molecule has 0 aliphatic heterocycles. The van der Waals surface area contributed by atoms with Gasteiger partial charge < -0.3 is 6.16 Å². The van der Waals surface area contributed by atoms with Crippen molar-refractivity contribution in [3.8, 4) is 5.75 Å². The minimum Gasteiger partial charge on any atom is -1.00 e. The summed E-state index contributed by atoms with van der Waals surface area (Å²) in [5.41, 5.74) is 5.70. The van der Waals surface area contributed by atoms with E-state index < -0.39 is 0 Å². The molecule has 2 aromatic rings. The van der Waals surface area contributed by atoms with Gasteiger partial charge in [-0.05, 0) is 88.3 Å². The van der Waals surface area contributed by atoms with Crippen LogP contribution in [0.5, 0.6) is 5.75 Å². The van der Waals surface area contributed by atoms with Gasteiger partial charge in [0, 0.05) is 5.56 Å². The number of benzene rings is 2.